The molecule has 3 amide bonds. The van der Waals surface area contributed by atoms with E-state index in [0.717, 1.165) is 30.6 Å². The number of carbonyl (C=O) groups excluding carboxylic acids is 3. The molecule has 6 rings (SSSR count). The molecule has 3 N–H and O–H groups in total. The molecule has 0 aliphatic carbocycles. The number of anilines is 2. The summed E-state index contributed by atoms with van der Waals surface area (Å²) in [5, 5.41) is 12.9. The molecule has 12 heteroatoms. The number of likely N-dealkylation sites (tertiary alicyclic amines) is 1. The number of ether oxygens (including phenoxy) is 2. The molecule has 0 bridgehead atoms. The molecule has 2 aromatic carbocycles. The first kappa shape index (κ1) is 31.7. The maximum atomic E-state index is 14.7. The van der Waals surface area contributed by atoms with Gasteiger partial charge in [0.15, 0.2) is 13.9 Å². The molecule has 4 heterocycles. The van der Waals surface area contributed by atoms with Crippen LogP contribution in [0.1, 0.15) is 37.3 Å². The maximum absolute atomic E-state index is 14.7. The van der Waals surface area contributed by atoms with Crippen molar-refractivity contribution in [2.24, 2.45) is 5.92 Å². The van der Waals surface area contributed by atoms with Crippen LogP contribution in [0.5, 0.6) is 5.75 Å². The summed E-state index contributed by atoms with van der Waals surface area (Å²) in [6, 6.07) is 13.0. The third-order valence-electron chi connectivity index (χ3n) is 10.2. The number of hydrogen-bond acceptors (Lipinski definition) is 8. The van der Waals surface area contributed by atoms with Gasteiger partial charge in [-0.1, -0.05) is 19.1 Å². The zero-order chi connectivity index (χ0) is 32.1. The molecule has 0 radical (unpaired) electrons. The van der Waals surface area contributed by atoms with Crippen molar-refractivity contribution in [3.8, 4) is 5.75 Å². The third-order valence-corrected chi connectivity index (χ3v) is 12.7. The van der Waals surface area contributed by atoms with E-state index in [1.165, 1.54) is 0 Å². The van der Waals surface area contributed by atoms with Gasteiger partial charge < -0.3 is 39.4 Å². The predicted molar refractivity (Wildman–Crippen MR) is 171 cm³/mol. The number of fused-ring (bicyclic) bond motifs is 2. The highest BCUT2D eigenvalue weighted by atomic mass is 28.4. The van der Waals surface area contributed by atoms with Crippen LogP contribution in [-0.2, 0) is 31.3 Å². The SMILES string of the molecule is COc1ccc2c(c1)[C@]1(O[C@@H](CC(=O)N3CCC[C@H]3CO)[C@H]([Si](C)(C)O)[C@H]1C)C(=O)N2Cc1ccc(N2CCNCC2=O)cc1. The topological polar surface area (TPSA) is 132 Å². The Morgan fingerprint density at radius 3 is 2.58 bits per heavy atom. The van der Waals surface area contributed by atoms with E-state index in [2.05, 4.69) is 5.32 Å². The Morgan fingerprint density at radius 1 is 1.16 bits per heavy atom. The predicted octanol–water partition coefficient (Wildman–Crippen LogP) is 2.35. The Kier molecular flexibility index (Phi) is 8.55. The first-order chi connectivity index (χ1) is 21.5. The monoisotopic (exact) mass is 636 g/mol. The molecule has 0 saturated carbocycles. The Balaban J connectivity index is 1.33. The molecule has 4 aliphatic heterocycles. The first-order valence-corrected chi connectivity index (χ1v) is 18.9. The molecule has 11 nitrogen and oxygen atoms in total. The van der Waals surface area contributed by atoms with Gasteiger partial charge in [-0.25, -0.2) is 0 Å². The number of nitrogens with one attached hydrogen (secondary N) is 1. The van der Waals surface area contributed by atoms with Gasteiger partial charge in [0.1, 0.15) is 5.75 Å². The lowest BCUT2D eigenvalue weighted by Crippen LogP contribution is -2.48. The molecule has 3 fully saturated rings. The minimum atomic E-state index is -2.96. The number of amides is 3. The molecule has 242 valence electrons. The summed E-state index contributed by atoms with van der Waals surface area (Å²) < 4.78 is 12.4. The smallest absolute Gasteiger partial charge is 0.264 e. The van der Waals surface area contributed by atoms with Crippen LogP contribution in [0, 0.1) is 5.92 Å². The van der Waals surface area contributed by atoms with Gasteiger partial charge in [0, 0.05) is 42.3 Å². The number of hydrogen-bond donors (Lipinski definition) is 3. The van der Waals surface area contributed by atoms with Crippen LogP contribution < -0.4 is 19.9 Å². The number of aliphatic hydroxyl groups excluding tert-OH is 1. The van der Waals surface area contributed by atoms with E-state index in [-0.39, 0.29) is 43.3 Å². The fourth-order valence-electron chi connectivity index (χ4n) is 8.03. The molecule has 2 aromatic rings. The molecule has 3 saturated heterocycles. The van der Waals surface area contributed by atoms with E-state index in [1.54, 1.807) is 21.8 Å². The van der Waals surface area contributed by atoms with Crippen LogP contribution in [0.15, 0.2) is 42.5 Å². The fourth-order valence-corrected chi connectivity index (χ4v) is 10.6. The van der Waals surface area contributed by atoms with E-state index in [0.29, 0.717) is 36.6 Å². The third kappa shape index (κ3) is 5.46. The minimum Gasteiger partial charge on any atom is -0.497 e. The van der Waals surface area contributed by atoms with Gasteiger partial charge >= 0.3 is 0 Å². The van der Waals surface area contributed by atoms with Crippen molar-refractivity contribution in [2.45, 2.75) is 69.1 Å². The van der Waals surface area contributed by atoms with Gasteiger partial charge in [-0.3, -0.25) is 14.4 Å². The van der Waals surface area contributed by atoms with E-state index in [9.17, 15) is 24.3 Å². The first-order valence-electron chi connectivity index (χ1n) is 15.9. The van der Waals surface area contributed by atoms with Gasteiger partial charge in [-0.2, -0.15) is 0 Å². The van der Waals surface area contributed by atoms with Crippen LogP contribution in [-0.4, -0.2) is 92.9 Å². The number of piperazine rings is 1. The van der Waals surface area contributed by atoms with Crippen LogP contribution in [0.3, 0.4) is 0 Å². The number of benzene rings is 2. The largest absolute Gasteiger partial charge is 0.497 e. The molecule has 0 unspecified atom stereocenters. The zero-order valence-electron chi connectivity index (χ0n) is 26.5. The Bertz CT molecular complexity index is 1460. The summed E-state index contributed by atoms with van der Waals surface area (Å²) in [5.74, 6) is -0.162. The molecule has 0 aromatic heterocycles. The fraction of sp³-hybridized carbons (Fsp3) is 0.545. The number of nitrogens with zero attached hydrogens (tertiary/aromatic N) is 3. The van der Waals surface area contributed by atoms with E-state index >= 15 is 0 Å². The normalized spacial score (nSPS) is 28.4. The number of rotatable bonds is 8. The van der Waals surface area contributed by atoms with Crippen LogP contribution >= 0.6 is 0 Å². The number of carbonyl (C=O) groups is 3. The summed E-state index contributed by atoms with van der Waals surface area (Å²) in [6.45, 7) is 8.06. The van der Waals surface area contributed by atoms with Gasteiger partial charge in [0.25, 0.3) is 5.91 Å². The second-order valence-corrected chi connectivity index (χ2v) is 17.3. The second-order valence-electron chi connectivity index (χ2n) is 13.3. The lowest BCUT2D eigenvalue weighted by atomic mass is 9.82. The molecular formula is C33H44N4O7Si. The molecule has 1 spiro atoms. The van der Waals surface area contributed by atoms with E-state index in [4.69, 9.17) is 9.47 Å². The summed E-state index contributed by atoms with van der Waals surface area (Å²) >= 11 is 0. The molecule has 45 heavy (non-hydrogen) atoms. The molecule has 4 aliphatic rings. The lowest BCUT2D eigenvalue weighted by Gasteiger charge is -2.33. The quantitative estimate of drug-likeness (QED) is 0.377. The van der Waals surface area contributed by atoms with Gasteiger partial charge in [-0.05, 0) is 61.8 Å². The number of aliphatic hydroxyl groups is 1. The van der Waals surface area contributed by atoms with Crippen LogP contribution in [0.4, 0.5) is 11.4 Å². The summed E-state index contributed by atoms with van der Waals surface area (Å²) in [4.78, 5) is 57.5. The summed E-state index contributed by atoms with van der Waals surface area (Å²) in [7, 11) is -1.38. The van der Waals surface area contributed by atoms with Gasteiger partial charge in [-0.15, -0.1) is 0 Å². The van der Waals surface area contributed by atoms with Gasteiger partial charge in [0.2, 0.25) is 11.8 Å². The van der Waals surface area contributed by atoms with Crippen LogP contribution in [0.2, 0.25) is 18.6 Å². The minimum absolute atomic E-state index is 0.0236. The second kappa shape index (κ2) is 12.1. The lowest BCUT2D eigenvalue weighted by molar-refractivity contribution is -0.150. The van der Waals surface area contributed by atoms with E-state index < -0.39 is 31.5 Å². The van der Waals surface area contributed by atoms with Gasteiger partial charge in [0.05, 0.1) is 51.1 Å². The summed E-state index contributed by atoms with van der Waals surface area (Å²) in [5.41, 5.74) is 1.30. The highest BCUT2D eigenvalue weighted by Gasteiger charge is 2.66. The van der Waals surface area contributed by atoms with Crippen molar-refractivity contribution >= 4 is 37.4 Å². The van der Waals surface area contributed by atoms with Crippen LogP contribution in [0.25, 0.3) is 0 Å². The maximum Gasteiger partial charge on any atom is 0.264 e. The average Bonchev–Trinajstić information content (AvgIpc) is 3.68. The average molecular weight is 637 g/mol. The summed E-state index contributed by atoms with van der Waals surface area (Å²) in [6.07, 6.45) is 0.950. The molecular weight excluding hydrogens is 592 g/mol. The Hall–Kier alpha value is -3.29. The highest BCUT2D eigenvalue weighted by Crippen LogP contribution is 2.60. The van der Waals surface area contributed by atoms with Crippen molar-refractivity contribution in [3.05, 3.63) is 53.6 Å². The standard InChI is InChI=1S/C33H44N4O7Si/c1-21-31(45(3,4)42)28(17-29(39)35-14-5-6-24(35)20-38)44-33(21)26-16-25(43-2)11-12-27(26)37(32(33)41)19-22-7-9-23(10-8-22)36-15-13-34-18-30(36)40/h7-12,16,21,24,28,31,34,38,42H,5-6,13-15,17-20H2,1-4H3/t21-,24+,28+,31-,33+/m1/s1. The van der Waals surface area contributed by atoms with Crippen molar-refractivity contribution in [3.63, 3.8) is 0 Å². The van der Waals surface area contributed by atoms with E-state index in [1.807, 2.05) is 62.5 Å². The van der Waals surface area contributed by atoms with Crippen molar-refractivity contribution in [1.82, 2.24) is 10.2 Å². The van der Waals surface area contributed by atoms with Crippen molar-refractivity contribution in [2.75, 3.05) is 49.7 Å². The zero-order valence-corrected chi connectivity index (χ0v) is 27.5. The Labute approximate surface area is 265 Å². The highest BCUT2D eigenvalue weighted by molar-refractivity contribution is 6.71. The Morgan fingerprint density at radius 2 is 1.91 bits per heavy atom. The number of methoxy groups -OCH3 is 1. The van der Waals surface area contributed by atoms with Crippen molar-refractivity contribution < 1.29 is 33.8 Å². The molecule has 5 atom stereocenters. The van der Waals surface area contributed by atoms with Crippen molar-refractivity contribution in [1.29, 1.82) is 0 Å².